The highest BCUT2D eigenvalue weighted by Crippen LogP contribution is 2.39. The highest BCUT2D eigenvalue weighted by molar-refractivity contribution is 6.33. The van der Waals surface area contributed by atoms with Crippen molar-refractivity contribution in [3.63, 3.8) is 0 Å². The molecule has 0 fully saturated rings. The first-order valence-electron chi connectivity index (χ1n) is 10.6. The number of fused-ring (bicyclic) bond motifs is 5. The lowest BCUT2D eigenvalue weighted by molar-refractivity contribution is -0.932. The Kier molecular flexibility index (Phi) is 5.28. The van der Waals surface area contributed by atoms with E-state index in [1.807, 2.05) is 24.3 Å². The van der Waals surface area contributed by atoms with Gasteiger partial charge in [-0.3, -0.25) is 4.90 Å². The molecule has 0 bridgehead atoms. The van der Waals surface area contributed by atoms with E-state index in [1.54, 1.807) is 14.2 Å². The minimum atomic E-state index is -0.220. The molecule has 2 aliphatic rings. The predicted molar refractivity (Wildman–Crippen MR) is 118 cm³/mol. The number of quaternary nitrogens is 1. The van der Waals surface area contributed by atoms with E-state index in [2.05, 4.69) is 0 Å². The van der Waals surface area contributed by atoms with Crippen LogP contribution in [0.4, 0.5) is 0 Å². The number of ether oxygens (including phenoxy) is 3. The molecule has 1 unspecified atom stereocenters. The third-order valence-corrected chi connectivity index (χ3v) is 6.61. The smallest absolute Gasteiger partial charge is 0.339 e. The Balaban J connectivity index is 1.42. The lowest BCUT2D eigenvalue weighted by Gasteiger charge is -2.27. The van der Waals surface area contributed by atoms with E-state index < -0.39 is 0 Å². The molecule has 2 aromatic carbocycles. The second-order valence-corrected chi connectivity index (χ2v) is 8.55. The van der Waals surface area contributed by atoms with Gasteiger partial charge in [0.1, 0.15) is 6.54 Å². The second-order valence-electron chi connectivity index (χ2n) is 8.15. The number of aryl methyl sites for hydroxylation is 1. The quantitative estimate of drug-likeness (QED) is 0.615. The predicted octanol–water partition coefficient (Wildman–Crippen LogP) is 2.93. The topological polar surface area (TPSA) is 62.3 Å². The van der Waals surface area contributed by atoms with Crippen LogP contribution in [0.15, 0.2) is 33.5 Å². The molecule has 0 saturated carbocycles. The highest BCUT2D eigenvalue weighted by atomic mass is 35.5. The van der Waals surface area contributed by atoms with Crippen molar-refractivity contribution < 1.29 is 23.5 Å². The zero-order chi connectivity index (χ0) is 21.5. The molecule has 0 amide bonds. The molecule has 0 spiro atoms. The summed E-state index contributed by atoms with van der Waals surface area (Å²) in [7, 11) is 3.27. The Morgan fingerprint density at radius 1 is 1.06 bits per heavy atom. The lowest BCUT2D eigenvalue weighted by Crippen LogP contribution is -3.12. The van der Waals surface area contributed by atoms with Crippen molar-refractivity contribution in [3.05, 3.63) is 62.0 Å². The van der Waals surface area contributed by atoms with Crippen LogP contribution in [0.25, 0.3) is 11.0 Å². The van der Waals surface area contributed by atoms with Crippen molar-refractivity contribution >= 4 is 22.6 Å². The van der Waals surface area contributed by atoms with Gasteiger partial charge in [-0.1, -0.05) is 17.7 Å². The molecule has 2 heterocycles. The molecular formula is C24H25ClNO5+. The lowest BCUT2D eigenvalue weighted by atomic mass is 10.0. The first kappa shape index (κ1) is 20.2. The van der Waals surface area contributed by atoms with Crippen LogP contribution in [0.2, 0.25) is 5.02 Å². The van der Waals surface area contributed by atoms with Crippen LogP contribution in [0, 0.1) is 0 Å². The Bertz CT molecular complexity index is 1220. The fourth-order valence-electron chi connectivity index (χ4n) is 4.74. The van der Waals surface area contributed by atoms with Gasteiger partial charge in [0.25, 0.3) is 0 Å². The van der Waals surface area contributed by atoms with Crippen LogP contribution in [0.1, 0.15) is 28.7 Å². The molecule has 31 heavy (non-hydrogen) atoms. The van der Waals surface area contributed by atoms with Gasteiger partial charge in [0.15, 0.2) is 22.8 Å². The fraction of sp³-hybridized carbons (Fsp3) is 0.375. The van der Waals surface area contributed by atoms with E-state index in [-0.39, 0.29) is 5.63 Å². The van der Waals surface area contributed by atoms with Crippen LogP contribution in [0.3, 0.4) is 0 Å². The van der Waals surface area contributed by atoms with E-state index in [9.17, 15) is 4.79 Å². The van der Waals surface area contributed by atoms with Gasteiger partial charge in [-0.25, -0.2) is 4.79 Å². The molecule has 1 atom stereocenters. The number of nitrogens with one attached hydrogen (secondary N) is 1. The monoisotopic (exact) mass is 442 g/mol. The molecule has 1 aliphatic carbocycles. The average Bonchev–Trinajstić information content (AvgIpc) is 3.29. The van der Waals surface area contributed by atoms with Gasteiger partial charge in [-0.15, -0.1) is 0 Å². The second kappa shape index (κ2) is 8.09. The van der Waals surface area contributed by atoms with E-state index in [1.165, 1.54) is 4.90 Å². The molecular weight excluding hydrogens is 418 g/mol. The molecule has 0 saturated heterocycles. The van der Waals surface area contributed by atoms with Crippen LogP contribution in [0.5, 0.6) is 17.2 Å². The van der Waals surface area contributed by atoms with Gasteiger partial charge >= 0.3 is 5.63 Å². The number of benzene rings is 2. The normalized spacial score (nSPS) is 17.2. The summed E-state index contributed by atoms with van der Waals surface area (Å²) in [6, 6.07) is 7.88. The van der Waals surface area contributed by atoms with Gasteiger partial charge < -0.3 is 18.6 Å². The summed E-state index contributed by atoms with van der Waals surface area (Å²) in [5, 5.41) is 1.55. The van der Waals surface area contributed by atoms with Crippen LogP contribution in [-0.4, -0.2) is 27.5 Å². The third kappa shape index (κ3) is 3.54. The zero-order valence-electron chi connectivity index (χ0n) is 17.7. The zero-order valence-corrected chi connectivity index (χ0v) is 18.4. The molecule has 5 rings (SSSR count). The van der Waals surface area contributed by atoms with Gasteiger partial charge in [0.05, 0.1) is 31.4 Å². The molecule has 1 aromatic heterocycles. The van der Waals surface area contributed by atoms with Gasteiger partial charge in [-0.05, 0) is 48.6 Å². The van der Waals surface area contributed by atoms with E-state index in [0.29, 0.717) is 29.6 Å². The van der Waals surface area contributed by atoms with Gasteiger partial charge in [-0.2, -0.15) is 0 Å². The van der Waals surface area contributed by atoms with Crippen molar-refractivity contribution in [2.24, 2.45) is 0 Å². The standard InChI is InChI=1S/C24H24ClNO5/c1-28-20-7-6-14(10-21(20)29-2)8-9-26-12-18-22-17(11-19(25)23(18)30-13-26)15-4-3-5-16(15)24(27)31-22/h6-7,10-11H,3-5,8-9,12-13H2,1-2H3/p+1. The Hall–Kier alpha value is -2.70. The maximum Gasteiger partial charge on any atom is 0.339 e. The molecule has 3 aromatic rings. The SMILES string of the molecule is COc1ccc(CC[NH+]2COc3c(Cl)cc4c5c(c(=O)oc4c3C2)CCC5)cc1OC. The highest BCUT2D eigenvalue weighted by Gasteiger charge is 2.29. The number of hydrogen-bond donors (Lipinski definition) is 1. The Morgan fingerprint density at radius 2 is 1.87 bits per heavy atom. The van der Waals surface area contributed by atoms with Crippen molar-refractivity contribution in [3.8, 4) is 17.2 Å². The van der Waals surface area contributed by atoms with Crippen molar-refractivity contribution in [2.45, 2.75) is 32.2 Å². The van der Waals surface area contributed by atoms with E-state index in [4.69, 9.17) is 30.2 Å². The number of rotatable bonds is 5. The molecule has 0 radical (unpaired) electrons. The molecule has 6 nitrogen and oxygen atoms in total. The minimum Gasteiger partial charge on any atom is -0.493 e. The third-order valence-electron chi connectivity index (χ3n) is 6.33. The number of halogens is 1. The summed E-state index contributed by atoms with van der Waals surface area (Å²) in [5.74, 6) is 2.09. The summed E-state index contributed by atoms with van der Waals surface area (Å²) in [4.78, 5) is 13.8. The van der Waals surface area contributed by atoms with Gasteiger partial charge in [0.2, 0.25) is 6.73 Å². The van der Waals surface area contributed by atoms with Crippen molar-refractivity contribution in [1.29, 1.82) is 0 Å². The van der Waals surface area contributed by atoms with E-state index in [0.717, 1.165) is 71.4 Å². The Labute approximate surface area is 185 Å². The molecule has 1 N–H and O–H groups in total. The maximum atomic E-state index is 12.5. The molecule has 162 valence electrons. The average molecular weight is 443 g/mol. The summed E-state index contributed by atoms with van der Waals surface area (Å²) >= 11 is 6.57. The van der Waals surface area contributed by atoms with E-state index >= 15 is 0 Å². The summed E-state index contributed by atoms with van der Waals surface area (Å²) < 4.78 is 22.5. The molecule has 7 heteroatoms. The van der Waals surface area contributed by atoms with Crippen LogP contribution in [-0.2, 0) is 25.8 Å². The summed E-state index contributed by atoms with van der Waals surface area (Å²) in [5.41, 5.74) is 4.36. The minimum absolute atomic E-state index is 0.220. The van der Waals surface area contributed by atoms with Crippen LogP contribution >= 0.6 is 11.6 Å². The van der Waals surface area contributed by atoms with Gasteiger partial charge in [0, 0.05) is 17.4 Å². The summed E-state index contributed by atoms with van der Waals surface area (Å²) in [6.07, 6.45) is 3.50. The maximum absolute atomic E-state index is 12.5. The number of hydrogen-bond acceptors (Lipinski definition) is 5. The molecule has 1 aliphatic heterocycles. The summed E-state index contributed by atoms with van der Waals surface area (Å²) in [6.45, 7) is 2.07. The first-order chi connectivity index (χ1) is 15.1. The largest absolute Gasteiger partial charge is 0.493 e. The van der Waals surface area contributed by atoms with Crippen molar-refractivity contribution in [1.82, 2.24) is 0 Å². The Morgan fingerprint density at radius 3 is 2.68 bits per heavy atom. The number of methoxy groups -OCH3 is 2. The van der Waals surface area contributed by atoms with Crippen LogP contribution < -0.4 is 24.7 Å². The van der Waals surface area contributed by atoms with Crippen molar-refractivity contribution in [2.75, 3.05) is 27.5 Å². The fourth-order valence-corrected chi connectivity index (χ4v) is 5.02. The first-order valence-corrected chi connectivity index (χ1v) is 10.9.